The van der Waals surface area contributed by atoms with Crippen LogP contribution in [0.1, 0.15) is 58.2 Å². The van der Waals surface area contributed by atoms with Crippen LogP contribution in [0.4, 0.5) is 5.69 Å². The van der Waals surface area contributed by atoms with Gasteiger partial charge in [0.15, 0.2) is 0 Å². The number of para-hydroxylation sites is 1. The summed E-state index contributed by atoms with van der Waals surface area (Å²) in [7, 11) is -4.94. The zero-order valence-corrected chi connectivity index (χ0v) is 24.4. The van der Waals surface area contributed by atoms with Crippen LogP contribution >= 0.6 is 0 Å². The van der Waals surface area contributed by atoms with Gasteiger partial charge in [-0.3, -0.25) is 0 Å². The topological polar surface area (TPSA) is 99.4 Å². The zero-order valence-electron chi connectivity index (χ0n) is 23.6. The average Bonchev–Trinajstić information content (AvgIpc) is 3.13. The minimum absolute atomic E-state index is 0.0585. The van der Waals surface area contributed by atoms with E-state index in [4.69, 9.17) is 18.6 Å². The molecule has 0 amide bonds. The number of halogens is 1. The van der Waals surface area contributed by atoms with E-state index in [2.05, 4.69) is 128 Å². The second kappa shape index (κ2) is 12.5. The van der Waals surface area contributed by atoms with Crippen LogP contribution in [0.15, 0.2) is 90.6 Å². The number of anilines is 1. The predicted octanol–water partition coefficient (Wildman–Crippen LogP) is 3.43. The van der Waals surface area contributed by atoms with Crippen molar-refractivity contribution in [3.63, 3.8) is 0 Å². The lowest BCUT2D eigenvalue weighted by atomic mass is 9.81. The van der Waals surface area contributed by atoms with E-state index >= 15 is 0 Å². The summed E-state index contributed by atoms with van der Waals surface area (Å²) in [6.07, 6.45) is 10.4. The minimum Gasteiger partial charge on any atom is -0.344 e. The number of pyridine rings is 1. The molecule has 0 aliphatic carbocycles. The van der Waals surface area contributed by atoms with Crippen molar-refractivity contribution < 1.29 is 33.4 Å². The lowest BCUT2D eigenvalue weighted by molar-refractivity contribution is -2.00. The van der Waals surface area contributed by atoms with Gasteiger partial charge in [0.05, 0.1) is 0 Å². The van der Waals surface area contributed by atoms with E-state index in [9.17, 15) is 0 Å². The lowest BCUT2D eigenvalue weighted by Crippen LogP contribution is -2.68. The first-order chi connectivity index (χ1) is 19.1. The summed E-state index contributed by atoms with van der Waals surface area (Å²) >= 11 is 0. The van der Waals surface area contributed by atoms with Crippen molar-refractivity contribution in [1.29, 1.82) is 0 Å². The Balaban J connectivity index is 0.000000681. The Bertz CT molecular complexity index is 1530. The number of aromatic nitrogens is 1. The quantitative estimate of drug-likeness (QED) is 0.322. The Kier molecular flexibility index (Phi) is 9.29. The standard InChI is InChI=1S/C33H37N2.ClHO4/c1-5-7-24-35-30-22-20-25-13-8-10-16-28(25)32(30)33(3,4)31(35)18-12-15-27-21-19-26-14-9-11-17-29(26)34(27)23-6-2;2-1(3,4)5/h8-22H,5-7,23-24H2,1-4H3;(H,2,3,4,5)/q+1;/p-1. The van der Waals surface area contributed by atoms with Crippen LogP contribution in [0, 0.1) is 10.2 Å². The van der Waals surface area contributed by atoms with Crippen molar-refractivity contribution in [1.82, 2.24) is 0 Å². The van der Waals surface area contributed by atoms with Gasteiger partial charge < -0.3 is 4.90 Å². The molecule has 0 bridgehead atoms. The average molecular weight is 561 g/mol. The molecular weight excluding hydrogens is 524 g/mol. The summed E-state index contributed by atoms with van der Waals surface area (Å²) in [5, 5.41) is 3.99. The van der Waals surface area contributed by atoms with Crippen molar-refractivity contribution in [2.45, 2.75) is 58.9 Å². The number of unbranched alkanes of at least 4 members (excludes halogenated alkanes) is 1. The predicted molar refractivity (Wildman–Crippen MR) is 151 cm³/mol. The third-order valence-corrected chi connectivity index (χ3v) is 7.43. The summed E-state index contributed by atoms with van der Waals surface area (Å²) in [5.74, 6) is 0. The molecule has 0 unspecified atom stereocenters. The van der Waals surface area contributed by atoms with Crippen molar-refractivity contribution in [3.05, 3.63) is 102 Å². The van der Waals surface area contributed by atoms with Crippen molar-refractivity contribution in [2.24, 2.45) is 0 Å². The molecule has 0 saturated carbocycles. The number of hydrogen-bond donors (Lipinski definition) is 0. The smallest absolute Gasteiger partial charge is 0.212 e. The third kappa shape index (κ3) is 6.54. The van der Waals surface area contributed by atoms with Gasteiger partial charge in [0.1, 0.15) is 6.54 Å². The zero-order chi connectivity index (χ0) is 28.9. The lowest BCUT2D eigenvalue weighted by Gasteiger charge is -2.27. The van der Waals surface area contributed by atoms with Gasteiger partial charge in [0, 0.05) is 53.4 Å². The maximum Gasteiger partial charge on any atom is 0.212 e. The molecule has 2 heterocycles. The fourth-order valence-electron chi connectivity index (χ4n) is 5.73. The number of benzene rings is 3. The van der Waals surface area contributed by atoms with E-state index in [1.54, 1.807) is 0 Å². The summed E-state index contributed by atoms with van der Waals surface area (Å²) in [6, 6.07) is 26.6. The minimum atomic E-state index is -4.94. The second-order valence-electron chi connectivity index (χ2n) is 10.6. The van der Waals surface area contributed by atoms with E-state index in [1.165, 1.54) is 57.2 Å². The van der Waals surface area contributed by atoms with Crippen LogP contribution in [0.5, 0.6) is 0 Å². The van der Waals surface area contributed by atoms with Crippen LogP contribution in [0.25, 0.3) is 27.8 Å². The largest absolute Gasteiger partial charge is 0.344 e. The summed E-state index contributed by atoms with van der Waals surface area (Å²) in [5.41, 5.74) is 6.70. The first kappa shape index (κ1) is 29.7. The molecule has 210 valence electrons. The van der Waals surface area contributed by atoms with E-state index in [0.717, 1.165) is 19.5 Å². The normalized spacial score (nSPS) is 15.6. The molecular formula is C33H37ClN2O4. The SMILES string of the molecule is CCCCN1/C(=C/C=C/c2ccc3ccccc3[n+]2CCC)C(C)(C)c2c1ccc1ccccc21.[O-][Cl+3]([O-])([O-])[O-]. The van der Waals surface area contributed by atoms with Crippen LogP contribution in [-0.4, -0.2) is 6.54 Å². The van der Waals surface area contributed by atoms with Gasteiger partial charge in [0.25, 0.3) is 0 Å². The Morgan fingerprint density at radius 3 is 2.17 bits per heavy atom. The third-order valence-electron chi connectivity index (χ3n) is 7.43. The van der Waals surface area contributed by atoms with Gasteiger partial charge in [-0.05, 0) is 47.0 Å². The molecule has 0 atom stereocenters. The monoisotopic (exact) mass is 560 g/mol. The van der Waals surface area contributed by atoms with Crippen molar-refractivity contribution in [2.75, 3.05) is 11.4 Å². The molecule has 40 heavy (non-hydrogen) atoms. The van der Waals surface area contributed by atoms with Crippen molar-refractivity contribution in [3.8, 4) is 0 Å². The van der Waals surface area contributed by atoms with E-state index in [0.29, 0.717) is 0 Å². The molecule has 6 nitrogen and oxygen atoms in total. The molecule has 1 aliphatic heterocycles. The number of allylic oxidation sites excluding steroid dienone is 3. The number of nitrogens with zero attached hydrogens (tertiary/aromatic N) is 2. The molecule has 5 rings (SSSR count). The van der Waals surface area contributed by atoms with Gasteiger partial charge in [-0.15, -0.1) is 10.2 Å². The molecule has 0 spiro atoms. The number of aryl methyl sites for hydroxylation is 1. The highest BCUT2D eigenvalue weighted by molar-refractivity contribution is 5.95. The van der Waals surface area contributed by atoms with Crippen LogP contribution in [0.2, 0.25) is 0 Å². The summed E-state index contributed by atoms with van der Waals surface area (Å²) in [6.45, 7) is 11.4. The Morgan fingerprint density at radius 1 is 0.825 bits per heavy atom. The molecule has 1 aliphatic rings. The highest BCUT2D eigenvalue weighted by Crippen LogP contribution is 2.50. The molecule has 0 fully saturated rings. The first-order valence-electron chi connectivity index (χ1n) is 13.8. The number of rotatable bonds is 7. The fraction of sp³-hybridized carbons (Fsp3) is 0.303. The van der Waals surface area contributed by atoms with Crippen molar-refractivity contribution >= 4 is 33.4 Å². The number of hydrogen-bond acceptors (Lipinski definition) is 5. The molecule has 3 aromatic carbocycles. The Labute approximate surface area is 238 Å². The molecule has 1 aromatic heterocycles. The van der Waals surface area contributed by atoms with Gasteiger partial charge >= 0.3 is 0 Å². The van der Waals surface area contributed by atoms with E-state index < -0.39 is 10.2 Å². The summed E-state index contributed by atoms with van der Waals surface area (Å²) < 4.78 is 36.4. The van der Waals surface area contributed by atoms with Crippen LogP contribution in [-0.2, 0) is 12.0 Å². The summed E-state index contributed by atoms with van der Waals surface area (Å²) in [4.78, 5) is 2.57. The number of fused-ring (bicyclic) bond motifs is 4. The molecule has 0 saturated heterocycles. The molecule has 0 radical (unpaired) electrons. The van der Waals surface area contributed by atoms with Crippen LogP contribution < -0.4 is 28.1 Å². The van der Waals surface area contributed by atoms with E-state index in [-0.39, 0.29) is 5.41 Å². The van der Waals surface area contributed by atoms with Gasteiger partial charge in [-0.2, -0.15) is 4.57 Å². The molecule has 4 aromatic rings. The molecule has 0 N–H and O–H groups in total. The Morgan fingerprint density at radius 2 is 1.48 bits per heavy atom. The van der Waals surface area contributed by atoms with Gasteiger partial charge in [-0.25, -0.2) is 18.6 Å². The van der Waals surface area contributed by atoms with Crippen LogP contribution in [0.3, 0.4) is 0 Å². The highest BCUT2D eigenvalue weighted by atomic mass is 35.7. The second-order valence-corrected chi connectivity index (χ2v) is 11.3. The first-order valence-corrected chi connectivity index (χ1v) is 15.0. The molecule has 7 heteroatoms. The van der Waals surface area contributed by atoms with Gasteiger partial charge in [0.2, 0.25) is 11.2 Å². The maximum absolute atomic E-state index is 8.49. The van der Waals surface area contributed by atoms with E-state index in [1.807, 2.05) is 0 Å². The maximum atomic E-state index is 8.49. The fourth-order valence-corrected chi connectivity index (χ4v) is 5.73. The Hall–Kier alpha value is -3.26. The van der Waals surface area contributed by atoms with Gasteiger partial charge in [-0.1, -0.05) is 82.7 Å². The highest BCUT2D eigenvalue weighted by Gasteiger charge is 2.40.